The van der Waals surface area contributed by atoms with E-state index in [2.05, 4.69) is 31.3 Å². The summed E-state index contributed by atoms with van der Waals surface area (Å²) < 4.78 is 0. The van der Waals surface area contributed by atoms with Crippen LogP contribution in [0, 0.1) is 0 Å². The summed E-state index contributed by atoms with van der Waals surface area (Å²) in [7, 11) is 0. The SMILES string of the molecule is CCCCCCCCCCCCCC/C=C\CCCCCCCCCCCCCCCC(=O)NC(CO)C(O)C(O)CCCCCCCCCCCCCCCCCCCCCC. The van der Waals surface area contributed by atoms with Crippen LogP contribution in [0.5, 0.6) is 0 Å². The van der Waals surface area contributed by atoms with Crippen molar-refractivity contribution in [2.24, 2.45) is 0 Å². The zero-order chi connectivity index (χ0) is 45.8. The number of rotatable bonds is 54. The maximum absolute atomic E-state index is 12.5. The molecule has 0 aliphatic carbocycles. The van der Waals surface area contributed by atoms with E-state index >= 15 is 0 Å². The molecule has 0 rings (SSSR count). The van der Waals surface area contributed by atoms with Crippen molar-refractivity contribution >= 4 is 5.91 Å². The van der Waals surface area contributed by atoms with Crippen molar-refractivity contribution in [1.82, 2.24) is 5.32 Å². The maximum atomic E-state index is 12.5. The molecule has 0 heterocycles. The van der Waals surface area contributed by atoms with Crippen LogP contribution in [0.4, 0.5) is 0 Å². The van der Waals surface area contributed by atoms with Crippen molar-refractivity contribution in [3.63, 3.8) is 0 Å². The quantitative estimate of drug-likeness (QED) is 0.0362. The van der Waals surface area contributed by atoms with Crippen LogP contribution >= 0.6 is 0 Å². The van der Waals surface area contributed by atoms with Gasteiger partial charge in [0.25, 0.3) is 0 Å². The number of amides is 1. The van der Waals surface area contributed by atoms with E-state index in [0.717, 1.165) is 32.1 Å². The Hall–Kier alpha value is -0.910. The summed E-state index contributed by atoms with van der Waals surface area (Å²) in [6.07, 6.45) is 66.6. The molecule has 3 atom stereocenters. The van der Waals surface area contributed by atoms with Crippen molar-refractivity contribution < 1.29 is 20.1 Å². The van der Waals surface area contributed by atoms with Crippen molar-refractivity contribution in [2.45, 2.75) is 347 Å². The normalized spacial score (nSPS) is 13.3. The van der Waals surface area contributed by atoms with Crippen molar-refractivity contribution in [2.75, 3.05) is 6.61 Å². The van der Waals surface area contributed by atoms with Crippen LogP contribution in [-0.2, 0) is 4.79 Å². The maximum Gasteiger partial charge on any atom is 0.220 e. The molecule has 1 amide bonds. The summed E-state index contributed by atoms with van der Waals surface area (Å²) in [5.74, 6) is -0.138. The second-order valence-electron chi connectivity index (χ2n) is 20.2. The van der Waals surface area contributed by atoms with Crippen molar-refractivity contribution in [3.05, 3.63) is 12.2 Å². The molecular weight excluding hydrogens is 775 g/mol. The van der Waals surface area contributed by atoms with Crippen LogP contribution < -0.4 is 5.32 Å². The van der Waals surface area contributed by atoms with Gasteiger partial charge in [0.1, 0.15) is 6.10 Å². The lowest BCUT2D eigenvalue weighted by Gasteiger charge is -2.26. The topological polar surface area (TPSA) is 89.8 Å². The Kier molecular flexibility index (Phi) is 52.9. The lowest BCUT2D eigenvalue weighted by Crippen LogP contribution is -2.50. The molecule has 0 spiro atoms. The monoisotopic (exact) mass is 890 g/mol. The van der Waals surface area contributed by atoms with Gasteiger partial charge in [-0.1, -0.05) is 296 Å². The van der Waals surface area contributed by atoms with Crippen LogP contribution in [0.1, 0.15) is 328 Å². The zero-order valence-electron chi connectivity index (χ0n) is 43.0. The zero-order valence-corrected chi connectivity index (χ0v) is 43.0. The third-order valence-corrected chi connectivity index (χ3v) is 13.9. The molecule has 5 nitrogen and oxygen atoms in total. The van der Waals surface area contributed by atoms with Gasteiger partial charge in [-0.25, -0.2) is 0 Å². The number of carbonyl (C=O) groups is 1. The molecule has 0 aromatic heterocycles. The third kappa shape index (κ3) is 48.8. The smallest absolute Gasteiger partial charge is 0.220 e. The minimum atomic E-state index is -1.13. The molecule has 376 valence electrons. The number of allylic oxidation sites excluding steroid dienone is 2. The van der Waals surface area contributed by atoms with Gasteiger partial charge >= 0.3 is 0 Å². The van der Waals surface area contributed by atoms with Gasteiger partial charge in [-0.3, -0.25) is 4.79 Å². The predicted molar refractivity (Wildman–Crippen MR) is 278 cm³/mol. The molecule has 0 radical (unpaired) electrons. The molecule has 0 bridgehead atoms. The first-order valence-electron chi connectivity index (χ1n) is 29.0. The first kappa shape index (κ1) is 62.1. The van der Waals surface area contributed by atoms with E-state index in [1.54, 1.807) is 0 Å². The van der Waals surface area contributed by atoms with Gasteiger partial charge in [0.2, 0.25) is 5.91 Å². The summed E-state index contributed by atoms with van der Waals surface area (Å²) in [4.78, 5) is 12.5. The van der Waals surface area contributed by atoms with E-state index < -0.39 is 18.2 Å². The number of carbonyl (C=O) groups excluding carboxylic acids is 1. The highest BCUT2D eigenvalue weighted by Crippen LogP contribution is 2.18. The van der Waals surface area contributed by atoms with E-state index in [9.17, 15) is 20.1 Å². The molecule has 0 aromatic carbocycles. The fourth-order valence-corrected chi connectivity index (χ4v) is 9.40. The van der Waals surface area contributed by atoms with Crippen LogP contribution in [0.25, 0.3) is 0 Å². The van der Waals surface area contributed by atoms with Gasteiger partial charge < -0.3 is 20.6 Å². The Balaban J connectivity index is 3.50. The lowest BCUT2D eigenvalue weighted by atomic mass is 9.99. The summed E-state index contributed by atoms with van der Waals surface area (Å²) in [5.41, 5.74) is 0. The Morgan fingerprint density at radius 2 is 0.635 bits per heavy atom. The summed E-state index contributed by atoms with van der Waals surface area (Å²) in [6.45, 7) is 4.22. The number of hydrogen-bond acceptors (Lipinski definition) is 4. The Bertz CT molecular complexity index is 894. The highest BCUT2D eigenvalue weighted by Gasteiger charge is 2.26. The average Bonchev–Trinajstić information content (AvgIpc) is 3.29. The molecule has 3 unspecified atom stereocenters. The summed E-state index contributed by atoms with van der Waals surface area (Å²) in [5, 5.41) is 33.8. The largest absolute Gasteiger partial charge is 0.394 e. The second-order valence-corrected chi connectivity index (χ2v) is 20.2. The van der Waals surface area contributed by atoms with Gasteiger partial charge in [-0.05, 0) is 38.5 Å². The molecule has 0 saturated carbocycles. The second kappa shape index (κ2) is 53.7. The van der Waals surface area contributed by atoms with Gasteiger partial charge in [0.05, 0.1) is 18.8 Å². The van der Waals surface area contributed by atoms with E-state index in [1.807, 2.05) is 0 Å². The van der Waals surface area contributed by atoms with E-state index in [-0.39, 0.29) is 12.5 Å². The first-order chi connectivity index (χ1) is 31.1. The standard InChI is InChI=1S/C58H115NO4/c1-3-5-7-9-11-13-15-17-19-21-23-25-26-27-28-29-30-31-32-33-35-37-39-41-43-45-47-49-51-53-57(62)59-55(54-60)58(63)56(61)52-50-48-46-44-42-40-38-36-34-24-22-20-18-16-14-12-10-8-6-4-2/h27-28,55-56,58,60-61,63H,3-26,29-54H2,1-2H3,(H,59,62)/b28-27-. The van der Waals surface area contributed by atoms with Gasteiger partial charge in [-0.2, -0.15) is 0 Å². The molecule has 0 aromatic rings. The van der Waals surface area contributed by atoms with Crippen LogP contribution in [0.2, 0.25) is 0 Å². The Morgan fingerprint density at radius 1 is 0.381 bits per heavy atom. The van der Waals surface area contributed by atoms with Gasteiger partial charge in [0, 0.05) is 6.42 Å². The summed E-state index contributed by atoms with van der Waals surface area (Å²) in [6, 6.07) is -0.807. The third-order valence-electron chi connectivity index (χ3n) is 13.9. The predicted octanol–water partition coefficient (Wildman–Crippen LogP) is 17.9. The Morgan fingerprint density at radius 3 is 0.921 bits per heavy atom. The van der Waals surface area contributed by atoms with Gasteiger partial charge in [0.15, 0.2) is 0 Å². The number of nitrogens with one attached hydrogen (secondary N) is 1. The van der Waals surface area contributed by atoms with Crippen LogP contribution in [0.15, 0.2) is 12.2 Å². The van der Waals surface area contributed by atoms with Gasteiger partial charge in [-0.15, -0.1) is 0 Å². The molecular formula is C58H115NO4. The minimum Gasteiger partial charge on any atom is -0.394 e. The van der Waals surface area contributed by atoms with Crippen molar-refractivity contribution in [1.29, 1.82) is 0 Å². The fraction of sp³-hybridized carbons (Fsp3) is 0.948. The van der Waals surface area contributed by atoms with Crippen molar-refractivity contribution in [3.8, 4) is 0 Å². The highest BCUT2D eigenvalue weighted by molar-refractivity contribution is 5.76. The summed E-state index contributed by atoms with van der Waals surface area (Å²) >= 11 is 0. The number of aliphatic hydroxyl groups is 3. The first-order valence-corrected chi connectivity index (χ1v) is 29.0. The number of hydrogen-bond donors (Lipinski definition) is 4. The molecule has 4 N–H and O–H groups in total. The fourth-order valence-electron chi connectivity index (χ4n) is 9.40. The average molecular weight is 891 g/mol. The highest BCUT2D eigenvalue weighted by atomic mass is 16.3. The van der Waals surface area contributed by atoms with E-state index in [4.69, 9.17) is 0 Å². The minimum absolute atomic E-state index is 0.138. The lowest BCUT2D eigenvalue weighted by molar-refractivity contribution is -0.124. The molecule has 0 aliphatic rings. The Labute approximate surface area is 395 Å². The number of unbranched alkanes of at least 4 members (excludes halogenated alkanes) is 44. The molecule has 63 heavy (non-hydrogen) atoms. The molecule has 0 saturated heterocycles. The van der Waals surface area contributed by atoms with Crippen LogP contribution in [-0.4, -0.2) is 46.1 Å². The van der Waals surface area contributed by atoms with E-state index in [1.165, 1.54) is 270 Å². The molecule has 0 aliphatic heterocycles. The van der Waals surface area contributed by atoms with E-state index in [0.29, 0.717) is 12.8 Å². The van der Waals surface area contributed by atoms with Crippen LogP contribution in [0.3, 0.4) is 0 Å². The molecule has 5 heteroatoms. The number of aliphatic hydroxyl groups excluding tert-OH is 3. The molecule has 0 fully saturated rings.